The van der Waals surface area contributed by atoms with E-state index in [1.807, 2.05) is 6.07 Å². The number of benzene rings is 2. The molecule has 35 heavy (non-hydrogen) atoms. The molecule has 0 fully saturated rings. The van der Waals surface area contributed by atoms with Gasteiger partial charge in [0.05, 0.1) is 11.3 Å². The molecule has 2 amide bonds. The first-order valence-electron chi connectivity index (χ1n) is 10.9. The zero-order valence-corrected chi connectivity index (χ0v) is 20.6. The summed E-state index contributed by atoms with van der Waals surface area (Å²) in [5, 5.41) is 19.5. The zero-order chi connectivity index (χ0) is 25.9. The molecule has 0 aliphatic heterocycles. The number of rotatable bonds is 9. The number of anilines is 3. The molecule has 1 atom stereocenters. The first-order chi connectivity index (χ1) is 16.5. The summed E-state index contributed by atoms with van der Waals surface area (Å²) in [6, 6.07) is 10.7. The van der Waals surface area contributed by atoms with Crippen molar-refractivity contribution in [1.29, 1.82) is 0 Å². The summed E-state index contributed by atoms with van der Waals surface area (Å²) in [5.74, 6) is -1.36. The summed E-state index contributed by atoms with van der Waals surface area (Å²) in [7, 11) is 3.09. The number of carbonyl (C=O) groups is 2. The molecule has 9 nitrogen and oxygen atoms in total. The third-order valence-electron chi connectivity index (χ3n) is 5.45. The second-order valence-electron chi connectivity index (χ2n) is 8.65. The molecule has 3 aromatic rings. The lowest BCUT2D eigenvalue weighted by Crippen LogP contribution is -2.47. The normalized spacial score (nSPS) is 11.8. The second kappa shape index (κ2) is 10.6. The standard InChI is InChI=1S/C25H27ClN4O5/c1-13(2)18(24(34)27-12-14-7-5-8-15(26)11-14)29-20-19(22(32)23(20)33)28-17-10-6-9-16(21(17)31)25(35)30(3)4/h5-11,13,18,28-29,31H,12H2,1-4H3,(H,27,34)/t18-/m1/s1. The number of amides is 2. The highest BCUT2D eigenvalue weighted by Crippen LogP contribution is 2.32. The molecule has 10 heteroatoms. The Morgan fingerprint density at radius 3 is 2.31 bits per heavy atom. The lowest BCUT2D eigenvalue weighted by atomic mass is 10.0. The van der Waals surface area contributed by atoms with Crippen LogP contribution < -0.4 is 26.8 Å². The van der Waals surface area contributed by atoms with Crippen molar-refractivity contribution in [3.63, 3.8) is 0 Å². The number of hydrogen-bond donors (Lipinski definition) is 4. The van der Waals surface area contributed by atoms with Gasteiger partial charge in [0, 0.05) is 25.7 Å². The minimum atomic E-state index is -0.812. The zero-order valence-electron chi connectivity index (χ0n) is 19.8. The third kappa shape index (κ3) is 5.63. The molecule has 0 saturated carbocycles. The van der Waals surface area contributed by atoms with E-state index in [1.54, 1.807) is 46.1 Å². The molecule has 0 bridgehead atoms. The number of phenols is 1. The fraction of sp³-hybridized carbons (Fsp3) is 0.280. The van der Waals surface area contributed by atoms with Gasteiger partial charge in [-0.25, -0.2) is 0 Å². The van der Waals surface area contributed by atoms with Gasteiger partial charge >= 0.3 is 0 Å². The largest absolute Gasteiger partial charge is 0.505 e. The summed E-state index contributed by atoms with van der Waals surface area (Å²) in [4.78, 5) is 51.1. The Kier molecular flexibility index (Phi) is 7.81. The first kappa shape index (κ1) is 25.8. The van der Waals surface area contributed by atoms with E-state index in [0.717, 1.165) is 5.56 Å². The maximum Gasteiger partial charge on any atom is 0.257 e. The molecule has 0 aliphatic rings. The van der Waals surface area contributed by atoms with Gasteiger partial charge < -0.3 is 26.0 Å². The van der Waals surface area contributed by atoms with Crippen LogP contribution in [0, 0.1) is 5.92 Å². The molecule has 0 aliphatic carbocycles. The van der Waals surface area contributed by atoms with Crippen LogP contribution >= 0.6 is 11.6 Å². The molecule has 0 spiro atoms. The minimum Gasteiger partial charge on any atom is -0.505 e. The molecule has 0 saturated heterocycles. The smallest absolute Gasteiger partial charge is 0.257 e. The number of hydrogen-bond acceptors (Lipinski definition) is 7. The van der Waals surface area contributed by atoms with Crippen LogP contribution in [0.1, 0.15) is 29.8 Å². The monoisotopic (exact) mass is 498 g/mol. The Labute approximate surface area is 207 Å². The van der Waals surface area contributed by atoms with Gasteiger partial charge in [-0.15, -0.1) is 0 Å². The van der Waals surface area contributed by atoms with Crippen molar-refractivity contribution in [2.24, 2.45) is 5.92 Å². The van der Waals surface area contributed by atoms with Crippen LogP contribution in [0.25, 0.3) is 0 Å². The quantitative estimate of drug-likeness (QED) is 0.264. The number of phenolic OH excluding ortho intramolecular Hbond substituents is 1. The van der Waals surface area contributed by atoms with Gasteiger partial charge in [0.25, 0.3) is 16.8 Å². The predicted molar refractivity (Wildman–Crippen MR) is 136 cm³/mol. The lowest BCUT2D eigenvalue weighted by Gasteiger charge is -2.25. The van der Waals surface area contributed by atoms with Gasteiger partial charge in [-0.05, 0) is 35.7 Å². The maximum atomic E-state index is 12.9. The number of aromatic hydroxyl groups is 1. The van der Waals surface area contributed by atoms with Crippen LogP contribution in [0.5, 0.6) is 5.75 Å². The van der Waals surface area contributed by atoms with E-state index < -0.39 is 22.8 Å². The molecule has 0 aromatic heterocycles. The minimum absolute atomic E-state index is 0.0358. The van der Waals surface area contributed by atoms with Crippen LogP contribution in [0.15, 0.2) is 52.1 Å². The van der Waals surface area contributed by atoms with Crippen LogP contribution in [0.2, 0.25) is 5.02 Å². The van der Waals surface area contributed by atoms with Crippen LogP contribution in [-0.4, -0.2) is 42.0 Å². The third-order valence-corrected chi connectivity index (χ3v) is 5.68. The fourth-order valence-electron chi connectivity index (χ4n) is 3.48. The van der Waals surface area contributed by atoms with Gasteiger partial charge in [-0.2, -0.15) is 0 Å². The van der Waals surface area contributed by atoms with E-state index >= 15 is 0 Å². The van der Waals surface area contributed by atoms with Crippen molar-refractivity contribution in [3.8, 4) is 5.75 Å². The Morgan fingerprint density at radius 2 is 1.69 bits per heavy atom. The highest BCUT2D eigenvalue weighted by atomic mass is 35.5. The molecule has 184 valence electrons. The summed E-state index contributed by atoms with van der Waals surface area (Å²) in [5.41, 5.74) is -0.789. The number of nitrogens with zero attached hydrogens (tertiary/aromatic N) is 1. The van der Waals surface area contributed by atoms with Crippen molar-refractivity contribution in [2.45, 2.75) is 26.4 Å². The average Bonchev–Trinajstić information content (AvgIpc) is 2.82. The van der Waals surface area contributed by atoms with E-state index in [9.17, 15) is 24.3 Å². The summed E-state index contributed by atoms with van der Waals surface area (Å²) in [6.07, 6.45) is 0. The van der Waals surface area contributed by atoms with Gasteiger partial charge in [0.15, 0.2) is 5.75 Å². The molecule has 3 rings (SSSR count). The van der Waals surface area contributed by atoms with E-state index in [2.05, 4.69) is 16.0 Å². The summed E-state index contributed by atoms with van der Waals surface area (Å²) < 4.78 is 0. The van der Waals surface area contributed by atoms with Gasteiger partial charge in [-0.1, -0.05) is 43.6 Å². The Bertz CT molecular complexity index is 1330. The van der Waals surface area contributed by atoms with E-state index in [4.69, 9.17) is 11.6 Å². The number of carbonyl (C=O) groups excluding carboxylic acids is 2. The molecule has 0 heterocycles. The molecule has 3 aromatic carbocycles. The summed E-state index contributed by atoms with van der Waals surface area (Å²) in [6.45, 7) is 3.84. The van der Waals surface area contributed by atoms with Crippen molar-refractivity contribution >= 4 is 40.5 Å². The van der Waals surface area contributed by atoms with Gasteiger partial charge in [-0.3, -0.25) is 19.2 Å². The molecule has 0 radical (unpaired) electrons. The summed E-state index contributed by atoms with van der Waals surface area (Å²) >= 11 is 5.99. The maximum absolute atomic E-state index is 12.9. The Balaban J connectivity index is 1.80. The Hall–Kier alpha value is -3.85. The number of para-hydroxylation sites is 1. The molecule has 0 unspecified atom stereocenters. The fourth-order valence-corrected chi connectivity index (χ4v) is 3.69. The molecular formula is C25H27ClN4O5. The first-order valence-corrected chi connectivity index (χ1v) is 11.3. The van der Waals surface area contributed by atoms with Crippen molar-refractivity contribution < 1.29 is 14.7 Å². The van der Waals surface area contributed by atoms with Crippen LogP contribution in [0.4, 0.5) is 17.1 Å². The van der Waals surface area contributed by atoms with Crippen LogP contribution in [0.3, 0.4) is 0 Å². The molecule has 4 N–H and O–H groups in total. The SMILES string of the molecule is CC(C)[C@@H](Nc1c(Nc2cccc(C(=O)N(C)C)c2O)c(=O)c1=O)C(=O)NCc1cccc(Cl)c1. The van der Waals surface area contributed by atoms with Gasteiger partial charge in [0.2, 0.25) is 5.91 Å². The van der Waals surface area contributed by atoms with E-state index in [-0.39, 0.29) is 46.7 Å². The molecular weight excluding hydrogens is 472 g/mol. The van der Waals surface area contributed by atoms with Crippen molar-refractivity contribution in [1.82, 2.24) is 10.2 Å². The van der Waals surface area contributed by atoms with Crippen LogP contribution in [-0.2, 0) is 11.3 Å². The predicted octanol–water partition coefficient (Wildman–Crippen LogP) is 2.84. The van der Waals surface area contributed by atoms with Crippen molar-refractivity contribution in [2.75, 3.05) is 24.7 Å². The topological polar surface area (TPSA) is 128 Å². The lowest BCUT2D eigenvalue weighted by molar-refractivity contribution is -0.122. The second-order valence-corrected chi connectivity index (χ2v) is 9.08. The van der Waals surface area contributed by atoms with E-state index in [1.165, 1.54) is 23.1 Å². The Morgan fingerprint density at radius 1 is 1.03 bits per heavy atom. The number of halogens is 1. The average molecular weight is 499 g/mol. The number of nitrogens with one attached hydrogen (secondary N) is 3. The highest BCUT2D eigenvalue weighted by molar-refractivity contribution is 6.30. The van der Waals surface area contributed by atoms with E-state index in [0.29, 0.717) is 5.02 Å². The highest BCUT2D eigenvalue weighted by Gasteiger charge is 2.29. The van der Waals surface area contributed by atoms with Gasteiger partial charge in [0.1, 0.15) is 17.4 Å². The van der Waals surface area contributed by atoms with Crippen molar-refractivity contribution in [3.05, 3.63) is 79.1 Å².